The largest absolute Gasteiger partial charge is 0.355 e. The third-order valence-electron chi connectivity index (χ3n) is 5.83. The second-order valence-electron chi connectivity index (χ2n) is 7.46. The molecule has 0 bridgehead atoms. The molecule has 29 heavy (non-hydrogen) atoms. The summed E-state index contributed by atoms with van der Waals surface area (Å²) < 4.78 is 3.53. The first-order valence-corrected chi connectivity index (χ1v) is 10.0. The topological polar surface area (TPSA) is 107 Å². The summed E-state index contributed by atoms with van der Waals surface area (Å²) in [5.41, 5.74) is 1.35. The lowest BCUT2D eigenvalue weighted by molar-refractivity contribution is 0.0963. The zero-order valence-electron chi connectivity index (χ0n) is 16.5. The van der Waals surface area contributed by atoms with Gasteiger partial charge >= 0.3 is 0 Å². The fourth-order valence-corrected chi connectivity index (χ4v) is 4.44. The molecule has 0 aromatic carbocycles. The Morgan fingerprint density at radius 1 is 1.28 bits per heavy atom. The van der Waals surface area contributed by atoms with Gasteiger partial charge in [-0.1, -0.05) is 19.8 Å². The summed E-state index contributed by atoms with van der Waals surface area (Å²) in [6.45, 7) is 2.17. The third-order valence-corrected chi connectivity index (χ3v) is 5.83. The van der Waals surface area contributed by atoms with Crippen molar-refractivity contribution in [2.75, 3.05) is 11.9 Å². The number of carbonyl (C=O) groups excluding carboxylic acids is 1. The monoisotopic (exact) mass is 393 g/mol. The van der Waals surface area contributed by atoms with Gasteiger partial charge in [0.05, 0.1) is 24.0 Å². The van der Waals surface area contributed by atoms with E-state index in [2.05, 4.69) is 37.4 Å². The Kier molecular flexibility index (Phi) is 4.26. The number of fused-ring (bicyclic) bond motifs is 3. The van der Waals surface area contributed by atoms with Gasteiger partial charge < -0.3 is 10.2 Å². The molecule has 0 unspecified atom stereocenters. The molecule has 1 fully saturated rings. The second kappa shape index (κ2) is 6.94. The van der Waals surface area contributed by atoms with Gasteiger partial charge in [0, 0.05) is 19.3 Å². The maximum absolute atomic E-state index is 11.9. The minimum atomic E-state index is -0.193. The van der Waals surface area contributed by atoms with Crippen LogP contribution in [0.25, 0.3) is 11.6 Å². The average Bonchev–Trinajstić information content (AvgIpc) is 3.52. The highest BCUT2D eigenvalue weighted by Crippen LogP contribution is 2.42. The predicted octanol–water partition coefficient (Wildman–Crippen LogP) is 1.82. The Balaban J connectivity index is 1.63. The normalized spacial score (nSPS) is 18.6. The molecule has 4 heterocycles. The van der Waals surface area contributed by atoms with E-state index in [-0.39, 0.29) is 11.9 Å². The molecule has 1 atom stereocenters. The number of amides is 1. The van der Waals surface area contributed by atoms with Crippen LogP contribution in [0.1, 0.15) is 61.3 Å². The first-order valence-electron chi connectivity index (χ1n) is 10.0. The maximum atomic E-state index is 11.9. The maximum Gasteiger partial charge on any atom is 0.254 e. The summed E-state index contributed by atoms with van der Waals surface area (Å²) in [5, 5.41) is 15.4. The van der Waals surface area contributed by atoms with Crippen molar-refractivity contribution in [1.82, 2.24) is 39.8 Å². The fourth-order valence-electron chi connectivity index (χ4n) is 4.44. The average molecular weight is 393 g/mol. The molecule has 10 heteroatoms. The molecule has 0 spiro atoms. The van der Waals surface area contributed by atoms with E-state index in [9.17, 15) is 4.79 Å². The molecule has 10 nitrogen and oxygen atoms in total. The highest BCUT2D eigenvalue weighted by atomic mass is 16.1. The molecule has 1 saturated carbocycles. The first kappa shape index (κ1) is 17.8. The Morgan fingerprint density at radius 2 is 2.10 bits per heavy atom. The number of aromatic nitrogens is 7. The van der Waals surface area contributed by atoms with Crippen LogP contribution in [-0.4, -0.2) is 53.5 Å². The van der Waals surface area contributed by atoms with Gasteiger partial charge in [-0.25, -0.2) is 9.67 Å². The summed E-state index contributed by atoms with van der Waals surface area (Å²) >= 11 is 0. The molecule has 1 N–H and O–H groups in total. The van der Waals surface area contributed by atoms with Crippen LogP contribution < -0.4 is 10.2 Å². The summed E-state index contributed by atoms with van der Waals surface area (Å²) in [5.74, 6) is 2.05. The van der Waals surface area contributed by atoms with Gasteiger partial charge in [-0.05, 0) is 19.3 Å². The van der Waals surface area contributed by atoms with Gasteiger partial charge in [-0.15, -0.1) is 10.2 Å². The number of rotatable bonds is 4. The van der Waals surface area contributed by atoms with Crippen molar-refractivity contribution in [2.45, 2.75) is 51.1 Å². The van der Waals surface area contributed by atoms with Crippen molar-refractivity contribution < 1.29 is 4.79 Å². The van der Waals surface area contributed by atoms with Gasteiger partial charge in [0.25, 0.3) is 11.9 Å². The molecule has 150 valence electrons. The molecule has 3 aromatic heterocycles. The Morgan fingerprint density at radius 3 is 2.86 bits per heavy atom. The summed E-state index contributed by atoms with van der Waals surface area (Å²) in [6.07, 6.45) is 12.3. The van der Waals surface area contributed by atoms with Crippen molar-refractivity contribution >= 4 is 11.7 Å². The number of nitrogens with zero attached hydrogens (tertiary/aromatic N) is 8. The van der Waals surface area contributed by atoms with E-state index < -0.39 is 0 Å². The number of anilines is 1. The van der Waals surface area contributed by atoms with Gasteiger partial charge in [-0.3, -0.25) is 9.36 Å². The molecular formula is C19H23N9O. The quantitative estimate of drug-likeness (QED) is 0.720. The van der Waals surface area contributed by atoms with Gasteiger partial charge in [-0.2, -0.15) is 10.1 Å². The van der Waals surface area contributed by atoms with Crippen molar-refractivity contribution in [1.29, 1.82) is 0 Å². The number of hydrogen-bond acceptors (Lipinski definition) is 7. The van der Waals surface area contributed by atoms with Crippen LogP contribution in [0.15, 0.2) is 24.9 Å². The minimum Gasteiger partial charge on any atom is -0.355 e. The van der Waals surface area contributed by atoms with E-state index in [0.29, 0.717) is 17.6 Å². The van der Waals surface area contributed by atoms with Gasteiger partial charge in [0.2, 0.25) is 0 Å². The van der Waals surface area contributed by atoms with Crippen LogP contribution in [0, 0.1) is 0 Å². The molecular weight excluding hydrogens is 370 g/mol. The van der Waals surface area contributed by atoms with E-state index in [1.54, 1.807) is 30.5 Å². The molecule has 2 aliphatic rings. The summed E-state index contributed by atoms with van der Waals surface area (Å²) in [6, 6.07) is 0.542. The zero-order chi connectivity index (χ0) is 20.0. The summed E-state index contributed by atoms with van der Waals surface area (Å²) in [4.78, 5) is 23.7. The lowest BCUT2D eigenvalue weighted by Gasteiger charge is -2.40. The van der Waals surface area contributed by atoms with Crippen LogP contribution in [0.4, 0.5) is 5.82 Å². The van der Waals surface area contributed by atoms with Crippen molar-refractivity contribution in [2.24, 2.45) is 0 Å². The zero-order valence-corrected chi connectivity index (χ0v) is 16.5. The standard InChI is InChI=1S/C19H23N9O/c1-3-14-17-25-22-11-26(17)15-9-21-19(27-10-12(8-23-27)18(29)20-2)24-16(15)28(14)13-6-4-5-7-13/h8-11,13-14H,3-7H2,1-2H3,(H,20,29)/t14-/m1/s1. The minimum absolute atomic E-state index is 0.120. The van der Waals surface area contributed by atoms with E-state index in [1.165, 1.54) is 19.0 Å². The number of hydrogen-bond donors (Lipinski definition) is 1. The second-order valence-corrected chi connectivity index (χ2v) is 7.46. The predicted molar refractivity (Wildman–Crippen MR) is 105 cm³/mol. The van der Waals surface area contributed by atoms with Crippen molar-refractivity contribution in [3.63, 3.8) is 0 Å². The third kappa shape index (κ3) is 2.78. The number of carbonyl (C=O) groups is 1. The molecule has 5 rings (SSSR count). The molecule has 1 amide bonds. The Hall–Kier alpha value is -3.30. The molecule has 1 aliphatic heterocycles. The van der Waals surface area contributed by atoms with E-state index in [0.717, 1.165) is 36.6 Å². The van der Waals surface area contributed by atoms with Crippen LogP contribution in [0.5, 0.6) is 0 Å². The Labute approximate surface area is 168 Å². The molecule has 0 radical (unpaired) electrons. The van der Waals surface area contributed by atoms with E-state index in [4.69, 9.17) is 4.98 Å². The molecule has 1 aliphatic carbocycles. The van der Waals surface area contributed by atoms with Crippen LogP contribution in [-0.2, 0) is 0 Å². The molecule has 0 saturated heterocycles. The SMILES string of the molecule is CC[C@@H]1c2nncn2-c2cnc(-n3cc(C(=O)NC)cn3)nc2N1C1CCCC1. The van der Waals surface area contributed by atoms with E-state index >= 15 is 0 Å². The smallest absolute Gasteiger partial charge is 0.254 e. The highest BCUT2D eigenvalue weighted by Gasteiger charge is 2.38. The Bertz CT molecular complexity index is 1050. The fraction of sp³-hybridized carbons (Fsp3) is 0.474. The molecule has 3 aromatic rings. The first-order chi connectivity index (χ1) is 14.2. The lowest BCUT2D eigenvalue weighted by atomic mass is 10.0. The van der Waals surface area contributed by atoms with Gasteiger partial charge in [0.1, 0.15) is 12.0 Å². The lowest BCUT2D eigenvalue weighted by Crippen LogP contribution is -2.42. The van der Waals surface area contributed by atoms with Crippen LogP contribution >= 0.6 is 0 Å². The highest BCUT2D eigenvalue weighted by molar-refractivity contribution is 5.93. The van der Waals surface area contributed by atoms with Crippen molar-refractivity contribution in [3.8, 4) is 11.6 Å². The van der Waals surface area contributed by atoms with Crippen LogP contribution in [0.3, 0.4) is 0 Å². The summed E-state index contributed by atoms with van der Waals surface area (Å²) in [7, 11) is 1.59. The number of nitrogens with one attached hydrogen (secondary N) is 1. The van der Waals surface area contributed by atoms with E-state index in [1.807, 2.05) is 4.57 Å². The van der Waals surface area contributed by atoms with Gasteiger partial charge in [0.15, 0.2) is 11.6 Å². The van der Waals surface area contributed by atoms with Crippen molar-refractivity contribution in [3.05, 3.63) is 36.3 Å². The van der Waals surface area contributed by atoms with Crippen LogP contribution in [0.2, 0.25) is 0 Å².